The maximum atomic E-state index is 13.6. The number of fused-ring (bicyclic) bond motifs is 1. The first-order valence-electron chi connectivity index (χ1n) is 12.8. The van der Waals surface area contributed by atoms with Gasteiger partial charge in [0.1, 0.15) is 6.61 Å². The number of ether oxygens (including phenoxy) is 2. The Kier molecular flexibility index (Phi) is 11.9. The Balaban J connectivity index is 2.38. The lowest BCUT2D eigenvalue weighted by atomic mass is 10.1. The molecule has 2 N–H and O–H groups in total. The lowest BCUT2D eigenvalue weighted by molar-refractivity contribution is 0.272. The molecule has 0 saturated carbocycles. The van der Waals surface area contributed by atoms with Crippen LogP contribution in [-0.2, 0) is 6.54 Å². The van der Waals surface area contributed by atoms with Crippen LogP contribution in [0.5, 0.6) is 11.5 Å². The summed E-state index contributed by atoms with van der Waals surface area (Å²) < 4.78 is 14.1. The van der Waals surface area contributed by atoms with Crippen LogP contribution in [0.15, 0.2) is 34.6 Å². The number of aryl methyl sites for hydroxylation is 1. The zero-order valence-corrected chi connectivity index (χ0v) is 21.3. The number of nitrogen functional groups attached to an aromatic ring is 1. The van der Waals surface area contributed by atoms with Crippen molar-refractivity contribution in [3.63, 3.8) is 0 Å². The number of hydrogen-bond acceptors (Lipinski definition) is 4. The number of unbranched alkanes of at least 4 members (excludes halogenated alkanes) is 8. The first-order valence-corrected chi connectivity index (χ1v) is 12.8. The monoisotopic (exact) mass is 456 g/mol. The highest BCUT2D eigenvalue weighted by molar-refractivity contribution is 5.90. The third kappa shape index (κ3) is 8.45. The molecule has 0 unspecified atom stereocenters. The molecule has 0 aliphatic rings. The molecule has 0 saturated heterocycles. The largest absolute Gasteiger partial charge is 0.485 e. The second-order valence-electron chi connectivity index (χ2n) is 9.16. The SMILES string of the molecule is CCCCCCCCn1c(=O)c(OCCCCCC)c(OCC=C(C)C)c2ccc(N)cc21. The van der Waals surface area contributed by atoms with Gasteiger partial charge in [0.15, 0.2) is 5.75 Å². The minimum absolute atomic E-state index is 0.121. The summed E-state index contributed by atoms with van der Waals surface area (Å²) >= 11 is 0. The Morgan fingerprint density at radius 2 is 1.58 bits per heavy atom. The van der Waals surface area contributed by atoms with Crippen LogP contribution in [0.1, 0.15) is 91.9 Å². The summed E-state index contributed by atoms with van der Waals surface area (Å²) in [6, 6.07) is 5.69. The van der Waals surface area contributed by atoms with Gasteiger partial charge in [-0.15, -0.1) is 0 Å². The van der Waals surface area contributed by atoms with Crippen molar-refractivity contribution in [1.82, 2.24) is 4.57 Å². The molecular weight excluding hydrogens is 412 g/mol. The molecule has 1 aromatic heterocycles. The van der Waals surface area contributed by atoms with Crippen LogP contribution in [0.4, 0.5) is 5.69 Å². The topological polar surface area (TPSA) is 66.5 Å². The first-order chi connectivity index (χ1) is 16.0. The highest BCUT2D eigenvalue weighted by Gasteiger charge is 2.20. The van der Waals surface area contributed by atoms with Crippen molar-refractivity contribution in [2.24, 2.45) is 0 Å². The Hall–Kier alpha value is -2.43. The lowest BCUT2D eigenvalue weighted by Crippen LogP contribution is -2.24. The van der Waals surface area contributed by atoms with E-state index in [2.05, 4.69) is 13.8 Å². The van der Waals surface area contributed by atoms with Crippen molar-refractivity contribution >= 4 is 16.6 Å². The van der Waals surface area contributed by atoms with Gasteiger partial charge in [-0.1, -0.05) is 70.8 Å². The third-order valence-electron chi connectivity index (χ3n) is 5.90. The maximum absolute atomic E-state index is 13.6. The fourth-order valence-corrected chi connectivity index (χ4v) is 3.95. The Bertz CT molecular complexity index is 942. The van der Waals surface area contributed by atoms with Gasteiger partial charge in [0.05, 0.1) is 12.1 Å². The van der Waals surface area contributed by atoms with Crippen molar-refractivity contribution < 1.29 is 9.47 Å². The number of nitrogens with zero attached hydrogens (tertiary/aromatic N) is 1. The summed E-state index contributed by atoms with van der Waals surface area (Å²) in [5.41, 5.74) is 8.62. The van der Waals surface area contributed by atoms with E-state index in [4.69, 9.17) is 15.2 Å². The third-order valence-corrected chi connectivity index (χ3v) is 5.90. The zero-order chi connectivity index (χ0) is 24.1. The molecule has 184 valence electrons. The summed E-state index contributed by atoms with van der Waals surface area (Å²) in [6.45, 7) is 10.1. The lowest BCUT2D eigenvalue weighted by Gasteiger charge is -2.19. The Labute approximate surface area is 200 Å². The predicted octanol–water partition coefficient (Wildman–Crippen LogP) is 7.25. The van der Waals surface area contributed by atoms with Gasteiger partial charge in [-0.05, 0) is 51.0 Å². The van der Waals surface area contributed by atoms with E-state index in [-0.39, 0.29) is 5.56 Å². The molecule has 33 heavy (non-hydrogen) atoms. The molecule has 0 atom stereocenters. The smallest absolute Gasteiger partial charge is 0.297 e. The number of rotatable bonds is 16. The van der Waals surface area contributed by atoms with E-state index in [9.17, 15) is 4.79 Å². The van der Waals surface area contributed by atoms with Crippen molar-refractivity contribution in [2.75, 3.05) is 18.9 Å². The van der Waals surface area contributed by atoms with E-state index in [1.54, 1.807) is 0 Å². The average molecular weight is 457 g/mol. The van der Waals surface area contributed by atoms with E-state index < -0.39 is 0 Å². The van der Waals surface area contributed by atoms with Gasteiger partial charge in [0, 0.05) is 17.6 Å². The van der Waals surface area contributed by atoms with Crippen LogP contribution in [-0.4, -0.2) is 17.8 Å². The fraction of sp³-hybridized carbons (Fsp3) is 0.607. The summed E-state index contributed by atoms with van der Waals surface area (Å²) in [4.78, 5) is 13.6. The minimum atomic E-state index is -0.121. The molecule has 5 heteroatoms. The maximum Gasteiger partial charge on any atom is 0.297 e. The first kappa shape index (κ1) is 26.8. The van der Waals surface area contributed by atoms with Crippen LogP contribution in [0.25, 0.3) is 10.9 Å². The number of nitrogens with two attached hydrogens (primary N) is 1. The van der Waals surface area contributed by atoms with Crippen molar-refractivity contribution in [1.29, 1.82) is 0 Å². The second kappa shape index (κ2) is 14.7. The molecule has 1 heterocycles. The van der Waals surface area contributed by atoms with Gasteiger partial charge >= 0.3 is 0 Å². The van der Waals surface area contributed by atoms with Crippen LogP contribution < -0.4 is 20.8 Å². The summed E-state index contributed by atoms with van der Waals surface area (Å²) in [7, 11) is 0. The van der Waals surface area contributed by atoms with E-state index in [0.717, 1.165) is 36.6 Å². The second-order valence-corrected chi connectivity index (χ2v) is 9.16. The molecule has 0 bridgehead atoms. The van der Waals surface area contributed by atoms with Gasteiger partial charge in [-0.2, -0.15) is 0 Å². The summed E-state index contributed by atoms with van der Waals surface area (Å²) in [5, 5.41) is 0.875. The van der Waals surface area contributed by atoms with Crippen LogP contribution in [0, 0.1) is 0 Å². The minimum Gasteiger partial charge on any atom is -0.485 e. The number of benzene rings is 1. The van der Waals surface area contributed by atoms with Gasteiger partial charge < -0.3 is 19.8 Å². The molecular formula is C28H44N2O3. The van der Waals surface area contributed by atoms with E-state index in [1.165, 1.54) is 44.1 Å². The molecule has 0 amide bonds. The molecule has 5 nitrogen and oxygen atoms in total. The number of pyridine rings is 1. The normalized spacial score (nSPS) is 11.0. The molecule has 0 spiro atoms. The van der Waals surface area contributed by atoms with E-state index in [0.29, 0.717) is 36.9 Å². The van der Waals surface area contributed by atoms with Crippen LogP contribution >= 0.6 is 0 Å². The molecule has 2 rings (SSSR count). The van der Waals surface area contributed by atoms with Gasteiger partial charge in [-0.25, -0.2) is 0 Å². The average Bonchev–Trinajstić information content (AvgIpc) is 2.78. The number of aromatic nitrogens is 1. The number of hydrogen-bond donors (Lipinski definition) is 1. The summed E-state index contributed by atoms with van der Waals surface area (Å²) in [5.74, 6) is 0.860. The van der Waals surface area contributed by atoms with Gasteiger partial charge in [0.25, 0.3) is 5.56 Å². The number of allylic oxidation sites excluding steroid dienone is 1. The molecule has 0 aliphatic carbocycles. The Morgan fingerprint density at radius 1 is 0.909 bits per heavy atom. The van der Waals surface area contributed by atoms with E-state index in [1.807, 2.05) is 42.7 Å². The summed E-state index contributed by atoms with van der Waals surface area (Å²) in [6.07, 6.45) is 13.4. The van der Waals surface area contributed by atoms with Crippen molar-refractivity contribution in [3.05, 3.63) is 40.2 Å². The van der Waals surface area contributed by atoms with Crippen molar-refractivity contribution in [3.8, 4) is 11.5 Å². The fourth-order valence-electron chi connectivity index (χ4n) is 3.95. The van der Waals surface area contributed by atoms with Gasteiger partial charge in [0.2, 0.25) is 5.75 Å². The predicted molar refractivity (Wildman–Crippen MR) is 141 cm³/mol. The zero-order valence-electron chi connectivity index (χ0n) is 21.3. The van der Waals surface area contributed by atoms with E-state index >= 15 is 0 Å². The molecule has 0 radical (unpaired) electrons. The molecule has 0 aliphatic heterocycles. The highest BCUT2D eigenvalue weighted by Crippen LogP contribution is 2.34. The molecule has 2 aromatic rings. The van der Waals surface area contributed by atoms with Crippen LogP contribution in [0.2, 0.25) is 0 Å². The van der Waals surface area contributed by atoms with Gasteiger partial charge in [-0.3, -0.25) is 4.79 Å². The van der Waals surface area contributed by atoms with Crippen molar-refractivity contribution in [2.45, 2.75) is 98.4 Å². The quantitative estimate of drug-likeness (QED) is 0.164. The number of anilines is 1. The molecule has 1 aromatic carbocycles. The Morgan fingerprint density at radius 3 is 2.27 bits per heavy atom. The molecule has 0 fully saturated rings. The highest BCUT2D eigenvalue weighted by atomic mass is 16.5. The van der Waals surface area contributed by atoms with Crippen LogP contribution in [0.3, 0.4) is 0 Å². The standard InChI is InChI=1S/C28H44N2O3/c1-5-7-9-11-12-13-18-30-25-21-23(29)15-16-24(25)26(33-20-17-22(3)4)27(28(30)31)32-19-14-10-8-6-2/h15-17,21H,5-14,18-20,29H2,1-4H3.